The number of rotatable bonds is 4. The fourth-order valence-electron chi connectivity index (χ4n) is 4.25. The molecule has 4 heterocycles. The maximum Gasteiger partial charge on any atom is 0.421 e. The van der Waals surface area contributed by atoms with Crippen LogP contribution in [0.25, 0.3) is 16.9 Å². The molecule has 1 unspecified atom stereocenters. The second kappa shape index (κ2) is 8.24. The van der Waals surface area contributed by atoms with E-state index in [2.05, 4.69) is 14.9 Å². The zero-order valence-corrected chi connectivity index (χ0v) is 18.1. The van der Waals surface area contributed by atoms with Crippen molar-refractivity contribution >= 4 is 11.5 Å². The van der Waals surface area contributed by atoms with E-state index in [0.717, 1.165) is 55.1 Å². The lowest BCUT2D eigenvalue weighted by Gasteiger charge is -2.13. The van der Waals surface area contributed by atoms with Crippen molar-refractivity contribution in [1.82, 2.24) is 24.3 Å². The Morgan fingerprint density at radius 3 is 2.65 bits per heavy atom. The Labute approximate surface area is 191 Å². The summed E-state index contributed by atoms with van der Waals surface area (Å²) in [6.07, 6.45) is -1.02. The van der Waals surface area contributed by atoms with E-state index in [-0.39, 0.29) is 11.9 Å². The van der Waals surface area contributed by atoms with Crippen molar-refractivity contribution in [3.05, 3.63) is 65.9 Å². The van der Waals surface area contributed by atoms with Gasteiger partial charge in [0.1, 0.15) is 11.4 Å². The lowest BCUT2D eigenvalue weighted by atomic mass is 10.0. The predicted octanol–water partition coefficient (Wildman–Crippen LogP) is 4.74. The van der Waals surface area contributed by atoms with E-state index >= 15 is 0 Å². The van der Waals surface area contributed by atoms with Gasteiger partial charge in [0.25, 0.3) is 0 Å². The number of nitrogens with zero attached hydrogens (tertiary/aromatic N) is 5. The van der Waals surface area contributed by atoms with Gasteiger partial charge in [-0.25, -0.2) is 19.3 Å². The van der Waals surface area contributed by atoms with Crippen LogP contribution in [0.1, 0.15) is 23.6 Å². The van der Waals surface area contributed by atoms with E-state index in [0.29, 0.717) is 11.4 Å². The Morgan fingerprint density at radius 2 is 1.94 bits per heavy atom. The van der Waals surface area contributed by atoms with Crippen molar-refractivity contribution in [1.29, 1.82) is 0 Å². The summed E-state index contributed by atoms with van der Waals surface area (Å²) >= 11 is 0. The summed E-state index contributed by atoms with van der Waals surface area (Å²) in [7, 11) is 2.04. The molecule has 176 valence electrons. The monoisotopic (exact) mass is 472 g/mol. The fourth-order valence-corrected chi connectivity index (χ4v) is 4.25. The number of ether oxygens (including phenoxy) is 1. The van der Waals surface area contributed by atoms with Gasteiger partial charge in [-0.3, -0.25) is 4.40 Å². The number of pyridine rings is 1. The first-order valence-electron chi connectivity index (χ1n) is 10.5. The third kappa shape index (κ3) is 3.92. The number of aromatic nitrogens is 4. The number of likely N-dealkylation sites (tertiary alicyclic amines) is 1. The number of alkyl halides is 3. The number of hydrogen-bond acceptors (Lipinski definition) is 6. The lowest BCUT2D eigenvalue weighted by Crippen LogP contribution is -2.13. The highest BCUT2D eigenvalue weighted by Crippen LogP contribution is 2.38. The van der Waals surface area contributed by atoms with E-state index in [1.54, 1.807) is 10.6 Å². The van der Waals surface area contributed by atoms with Gasteiger partial charge >= 0.3 is 6.18 Å². The maximum absolute atomic E-state index is 15.0. The van der Waals surface area contributed by atoms with Gasteiger partial charge in [0, 0.05) is 30.4 Å². The number of fused-ring (bicyclic) bond motifs is 1. The number of halogens is 4. The molecule has 0 amide bonds. The quantitative estimate of drug-likeness (QED) is 0.432. The summed E-state index contributed by atoms with van der Waals surface area (Å²) in [5.41, 5.74) is 7.05. The molecule has 0 spiro atoms. The topological polar surface area (TPSA) is 81.6 Å². The molecule has 5 rings (SSSR count). The van der Waals surface area contributed by atoms with Gasteiger partial charge in [-0.1, -0.05) is 0 Å². The molecule has 11 heteroatoms. The second-order valence-electron chi connectivity index (χ2n) is 8.19. The zero-order valence-electron chi connectivity index (χ0n) is 18.1. The summed E-state index contributed by atoms with van der Waals surface area (Å²) in [6, 6.07) is 7.68. The smallest absolute Gasteiger partial charge is 0.421 e. The molecule has 1 aliphatic rings. The van der Waals surface area contributed by atoms with Crippen LogP contribution in [0, 0.1) is 5.82 Å². The Kier molecular flexibility index (Phi) is 5.35. The normalized spacial score (nSPS) is 16.9. The van der Waals surface area contributed by atoms with Crippen LogP contribution < -0.4 is 10.5 Å². The van der Waals surface area contributed by atoms with Gasteiger partial charge in [-0.2, -0.15) is 13.2 Å². The van der Waals surface area contributed by atoms with Gasteiger partial charge in [-0.05, 0) is 56.4 Å². The highest BCUT2D eigenvalue weighted by atomic mass is 19.4. The first kappa shape index (κ1) is 22.1. The molecule has 1 aromatic carbocycles. The number of likely N-dealkylation sites (N-methyl/N-ethyl adjacent to an activating group) is 1. The SMILES string of the molecule is CN1CCC(c2nc(-c3ccc(Oc4ncccc4C(F)(F)F)c(F)c3)n3c(N)nccc23)C1. The van der Waals surface area contributed by atoms with E-state index in [1.165, 1.54) is 12.1 Å². The van der Waals surface area contributed by atoms with Crippen molar-refractivity contribution in [3.63, 3.8) is 0 Å². The number of benzene rings is 1. The molecule has 1 saturated heterocycles. The molecule has 0 bridgehead atoms. The average molecular weight is 472 g/mol. The summed E-state index contributed by atoms with van der Waals surface area (Å²) in [5, 5.41) is 0. The highest BCUT2D eigenvalue weighted by Gasteiger charge is 2.35. The maximum atomic E-state index is 15.0. The van der Waals surface area contributed by atoms with Gasteiger partial charge in [0.2, 0.25) is 11.8 Å². The van der Waals surface area contributed by atoms with Crippen LogP contribution in [0.2, 0.25) is 0 Å². The number of nitrogen functional groups attached to an aromatic ring is 1. The molecule has 0 aliphatic carbocycles. The minimum absolute atomic E-state index is 0.188. The first-order valence-corrected chi connectivity index (χ1v) is 10.5. The average Bonchev–Trinajstić information content (AvgIpc) is 3.39. The fraction of sp³-hybridized carbons (Fsp3) is 0.261. The van der Waals surface area contributed by atoms with Crippen LogP contribution in [0.15, 0.2) is 48.8 Å². The largest absolute Gasteiger partial charge is 0.435 e. The summed E-state index contributed by atoms with van der Waals surface area (Å²) in [6.45, 7) is 1.77. The van der Waals surface area contributed by atoms with Crippen molar-refractivity contribution < 1.29 is 22.3 Å². The van der Waals surface area contributed by atoms with Gasteiger partial charge in [0.05, 0.1) is 11.2 Å². The standard InChI is InChI=1S/C23H20F4N6O/c1-32-10-7-14(12-32)19-17-6-9-30-22(28)33(17)20(31-19)13-4-5-18(16(24)11-13)34-21-15(23(25,26)27)3-2-8-29-21/h2-6,8-9,11,14H,7,10,12H2,1H3,(H2,28,30). The molecular formula is C23H20F4N6O. The van der Waals surface area contributed by atoms with Gasteiger partial charge < -0.3 is 15.4 Å². The minimum atomic E-state index is -4.69. The molecule has 0 radical (unpaired) electrons. The van der Waals surface area contributed by atoms with E-state index in [4.69, 9.17) is 15.5 Å². The van der Waals surface area contributed by atoms with Crippen LogP contribution in [-0.4, -0.2) is 44.4 Å². The third-order valence-corrected chi connectivity index (χ3v) is 5.86. The number of hydrogen-bond donors (Lipinski definition) is 1. The molecule has 34 heavy (non-hydrogen) atoms. The molecule has 0 saturated carbocycles. The zero-order chi connectivity index (χ0) is 24.0. The summed E-state index contributed by atoms with van der Waals surface area (Å²) in [4.78, 5) is 14.7. The van der Waals surface area contributed by atoms with Gasteiger partial charge in [-0.15, -0.1) is 0 Å². The number of anilines is 1. The third-order valence-electron chi connectivity index (χ3n) is 5.86. The predicted molar refractivity (Wildman–Crippen MR) is 117 cm³/mol. The first-order chi connectivity index (χ1) is 16.2. The van der Waals surface area contributed by atoms with Crippen molar-refractivity contribution in [3.8, 4) is 23.0 Å². The second-order valence-corrected chi connectivity index (χ2v) is 8.19. The van der Waals surface area contributed by atoms with Gasteiger partial charge in [0.15, 0.2) is 11.6 Å². The van der Waals surface area contributed by atoms with Crippen molar-refractivity contribution in [2.24, 2.45) is 0 Å². The minimum Gasteiger partial charge on any atom is -0.435 e. The molecule has 1 aliphatic heterocycles. The Morgan fingerprint density at radius 1 is 1.12 bits per heavy atom. The van der Waals surface area contributed by atoms with Crippen LogP contribution in [0.5, 0.6) is 11.6 Å². The van der Waals surface area contributed by atoms with E-state index < -0.39 is 29.2 Å². The summed E-state index contributed by atoms with van der Waals surface area (Å²) < 4.78 is 61.5. The summed E-state index contributed by atoms with van der Waals surface area (Å²) in [5.74, 6) is -1.21. The molecule has 1 atom stereocenters. The van der Waals surface area contributed by atoms with Crippen LogP contribution in [0.4, 0.5) is 23.5 Å². The van der Waals surface area contributed by atoms with E-state index in [9.17, 15) is 17.6 Å². The van der Waals surface area contributed by atoms with Crippen LogP contribution >= 0.6 is 0 Å². The van der Waals surface area contributed by atoms with Crippen molar-refractivity contribution in [2.45, 2.75) is 18.5 Å². The van der Waals surface area contributed by atoms with Crippen molar-refractivity contribution in [2.75, 3.05) is 25.9 Å². The lowest BCUT2D eigenvalue weighted by molar-refractivity contribution is -0.138. The molecule has 3 aromatic heterocycles. The van der Waals surface area contributed by atoms with E-state index in [1.807, 2.05) is 13.1 Å². The van der Waals surface area contributed by atoms with Crippen LogP contribution in [0.3, 0.4) is 0 Å². The highest BCUT2D eigenvalue weighted by molar-refractivity contribution is 5.69. The van der Waals surface area contributed by atoms with Crippen LogP contribution in [-0.2, 0) is 6.18 Å². The Balaban J connectivity index is 1.54. The molecule has 1 fully saturated rings. The molecular weight excluding hydrogens is 452 g/mol. The molecule has 4 aromatic rings. The molecule has 2 N–H and O–H groups in total. The Bertz CT molecular complexity index is 1370. The molecule has 7 nitrogen and oxygen atoms in total. The Hall–Kier alpha value is -3.73. The number of nitrogens with two attached hydrogens (primary N) is 1. The number of imidazole rings is 1.